The van der Waals surface area contributed by atoms with Gasteiger partial charge in [-0.05, 0) is 65.0 Å². The molecule has 142 valence electrons. The molecular weight excluding hydrogens is 328 g/mol. The molecule has 0 unspecified atom stereocenters. The lowest BCUT2D eigenvalue weighted by molar-refractivity contribution is -0.123. The molecule has 0 bridgehead atoms. The Kier molecular flexibility index (Phi) is 5.26. The van der Waals surface area contributed by atoms with Crippen molar-refractivity contribution in [3.63, 3.8) is 0 Å². The summed E-state index contributed by atoms with van der Waals surface area (Å²) in [4.78, 5) is 29.0. The van der Waals surface area contributed by atoms with Crippen LogP contribution in [0.1, 0.15) is 51.2 Å². The molecule has 0 spiro atoms. The Morgan fingerprint density at radius 2 is 1.81 bits per heavy atom. The van der Waals surface area contributed by atoms with Crippen LogP contribution in [0, 0.1) is 12.8 Å². The van der Waals surface area contributed by atoms with E-state index in [1.165, 1.54) is 11.1 Å². The van der Waals surface area contributed by atoms with Crippen molar-refractivity contribution in [2.45, 2.75) is 59.0 Å². The van der Waals surface area contributed by atoms with Crippen LogP contribution in [0.5, 0.6) is 0 Å². The van der Waals surface area contributed by atoms with Crippen LogP contribution in [-0.2, 0) is 16.0 Å². The minimum Gasteiger partial charge on any atom is -0.444 e. The van der Waals surface area contributed by atoms with Crippen molar-refractivity contribution < 1.29 is 14.3 Å². The minimum absolute atomic E-state index is 0.0130. The zero-order valence-electron chi connectivity index (χ0n) is 16.4. The molecule has 2 heterocycles. The highest BCUT2D eigenvalue weighted by Crippen LogP contribution is 2.31. The topological polar surface area (TPSA) is 49.9 Å². The molecule has 2 aliphatic rings. The molecule has 2 amide bonds. The van der Waals surface area contributed by atoms with Gasteiger partial charge in [0.05, 0.1) is 0 Å². The molecule has 0 aromatic heterocycles. The number of piperidine rings is 1. The van der Waals surface area contributed by atoms with Crippen LogP contribution in [0.25, 0.3) is 0 Å². The van der Waals surface area contributed by atoms with Crippen LogP contribution in [0.2, 0.25) is 0 Å². The van der Waals surface area contributed by atoms with Gasteiger partial charge in [0.15, 0.2) is 0 Å². The summed E-state index contributed by atoms with van der Waals surface area (Å²) in [6.45, 7) is 9.67. The highest BCUT2D eigenvalue weighted by atomic mass is 16.6. The van der Waals surface area contributed by atoms with E-state index in [-0.39, 0.29) is 17.9 Å². The fourth-order valence-electron chi connectivity index (χ4n) is 3.81. The maximum absolute atomic E-state index is 13.1. The number of hydrogen-bond acceptors (Lipinski definition) is 3. The van der Waals surface area contributed by atoms with E-state index in [4.69, 9.17) is 4.74 Å². The first kappa shape index (κ1) is 18.7. The molecule has 1 aromatic carbocycles. The molecule has 1 aromatic rings. The Morgan fingerprint density at radius 3 is 2.46 bits per heavy atom. The fourth-order valence-corrected chi connectivity index (χ4v) is 3.81. The molecule has 2 aliphatic heterocycles. The van der Waals surface area contributed by atoms with Gasteiger partial charge in [0.25, 0.3) is 0 Å². The van der Waals surface area contributed by atoms with Gasteiger partial charge in [0, 0.05) is 31.2 Å². The number of fused-ring (bicyclic) bond motifs is 1. The smallest absolute Gasteiger partial charge is 0.410 e. The average molecular weight is 358 g/mol. The van der Waals surface area contributed by atoms with E-state index < -0.39 is 5.60 Å². The molecule has 0 atom stereocenters. The average Bonchev–Trinajstić information content (AvgIpc) is 2.59. The molecular formula is C21H30N2O3. The summed E-state index contributed by atoms with van der Waals surface area (Å²) < 4.78 is 5.44. The summed E-state index contributed by atoms with van der Waals surface area (Å²) in [6.07, 6.45) is 3.18. The lowest BCUT2D eigenvalue weighted by Crippen LogP contribution is -2.46. The van der Waals surface area contributed by atoms with E-state index in [0.29, 0.717) is 25.9 Å². The van der Waals surface area contributed by atoms with Gasteiger partial charge in [-0.2, -0.15) is 0 Å². The summed E-state index contributed by atoms with van der Waals surface area (Å²) in [5.74, 6) is 0.194. The second-order valence-electron chi connectivity index (χ2n) is 8.47. The van der Waals surface area contributed by atoms with Crippen LogP contribution >= 0.6 is 0 Å². The molecule has 26 heavy (non-hydrogen) atoms. The van der Waals surface area contributed by atoms with E-state index in [1.807, 2.05) is 25.7 Å². The van der Waals surface area contributed by atoms with E-state index in [2.05, 4.69) is 25.1 Å². The van der Waals surface area contributed by atoms with E-state index in [0.717, 1.165) is 25.1 Å². The van der Waals surface area contributed by atoms with Crippen molar-refractivity contribution in [1.82, 2.24) is 4.90 Å². The maximum Gasteiger partial charge on any atom is 0.410 e. The van der Waals surface area contributed by atoms with Gasteiger partial charge in [-0.15, -0.1) is 0 Å². The molecule has 0 N–H and O–H groups in total. The third-order valence-electron chi connectivity index (χ3n) is 5.12. The lowest BCUT2D eigenvalue weighted by atomic mass is 9.93. The number of anilines is 1. The van der Waals surface area contributed by atoms with Gasteiger partial charge in [0.2, 0.25) is 5.91 Å². The zero-order chi connectivity index (χ0) is 18.9. The van der Waals surface area contributed by atoms with Crippen molar-refractivity contribution in [2.75, 3.05) is 24.5 Å². The van der Waals surface area contributed by atoms with E-state index in [1.54, 1.807) is 4.90 Å². The second kappa shape index (κ2) is 7.29. The number of nitrogens with zero attached hydrogens (tertiary/aromatic N) is 2. The summed E-state index contributed by atoms with van der Waals surface area (Å²) in [5, 5.41) is 0. The van der Waals surface area contributed by atoms with Crippen LogP contribution in [0.4, 0.5) is 10.5 Å². The Bertz CT molecular complexity index is 685. The maximum atomic E-state index is 13.1. The number of ether oxygens (including phenoxy) is 1. The van der Waals surface area contributed by atoms with Gasteiger partial charge in [-0.3, -0.25) is 4.79 Å². The molecule has 5 nitrogen and oxygen atoms in total. The summed E-state index contributed by atoms with van der Waals surface area (Å²) >= 11 is 0. The molecule has 0 saturated carbocycles. The van der Waals surface area contributed by atoms with Crippen LogP contribution in [0.3, 0.4) is 0 Å². The van der Waals surface area contributed by atoms with Crippen molar-refractivity contribution in [1.29, 1.82) is 0 Å². The number of aryl methyl sites for hydroxylation is 2. The third kappa shape index (κ3) is 4.19. The predicted octanol–water partition coefficient (Wildman–Crippen LogP) is 3.92. The number of likely N-dealkylation sites (tertiary alicyclic amines) is 1. The van der Waals surface area contributed by atoms with Crippen molar-refractivity contribution in [3.05, 3.63) is 29.3 Å². The quantitative estimate of drug-likeness (QED) is 0.764. The largest absolute Gasteiger partial charge is 0.444 e. The summed E-state index contributed by atoms with van der Waals surface area (Å²) in [6, 6.07) is 6.35. The lowest BCUT2D eigenvalue weighted by Gasteiger charge is -2.36. The third-order valence-corrected chi connectivity index (χ3v) is 5.12. The fraction of sp³-hybridized carbons (Fsp3) is 0.619. The van der Waals surface area contributed by atoms with Crippen molar-refractivity contribution >= 4 is 17.7 Å². The van der Waals surface area contributed by atoms with Crippen molar-refractivity contribution in [2.24, 2.45) is 5.92 Å². The predicted molar refractivity (Wildman–Crippen MR) is 102 cm³/mol. The first-order valence-corrected chi connectivity index (χ1v) is 9.63. The number of amides is 2. The molecule has 0 radical (unpaired) electrons. The standard InChI is InChI=1S/C21H30N2O3/c1-15-7-8-18-17(14-15)6-5-11-23(18)19(24)16-9-12-22(13-10-16)20(25)26-21(2,3)4/h7-8,14,16H,5-6,9-13H2,1-4H3. The van der Waals surface area contributed by atoms with Gasteiger partial charge in [0.1, 0.15) is 5.60 Å². The Morgan fingerprint density at radius 1 is 1.12 bits per heavy atom. The summed E-state index contributed by atoms with van der Waals surface area (Å²) in [7, 11) is 0. The number of carbonyl (C=O) groups is 2. The minimum atomic E-state index is -0.487. The molecule has 1 saturated heterocycles. The van der Waals surface area contributed by atoms with Crippen LogP contribution in [-0.4, -0.2) is 42.1 Å². The second-order valence-corrected chi connectivity index (χ2v) is 8.47. The number of rotatable bonds is 1. The number of benzene rings is 1. The Balaban J connectivity index is 1.62. The molecule has 0 aliphatic carbocycles. The molecule has 1 fully saturated rings. The van der Waals surface area contributed by atoms with Gasteiger partial charge in [-0.25, -0.2) is 4.79 Å². The normalized spacial score (nSPS) is 18.5. The van der Waals surface area contributed by atoms with Crippen LogP contribution < -0.4 is 4.90 Å². The first-order valence-electron chi connectivity index (χ1n) is 9.63. The monoisotopic (exact) mass is 358 g/mol. The number of carbonyl (C=O) groups excluding carboxylic acids is 2. The Labute approximate surface area is 156 Å². The van der Waals surface area contributed by atoms with E-state index in [9.17, 15) is 9.59 Å². The summed E-state index contributed by atoms with van der Waals surface area (Å²) in [5.41, 5.74) is 3.10. The van der Waals surface area contributed by atoms with Gasteiger partial charge in [-0.1, -0.05) is 17.7 Å². The molecule has 3 rings (SSSR count). The zero-order valence-corrected chi connectivity index (χ0v) is 16.4. The highest BCUT2D eigenvalue weighted by Gasteiger charge is 2.33. The SMILES string of the molecule is Cc1ccc2c(c1)CCCN2C(=O)C1CCN(C(=O)OC(C)(C)C)CC1. The number of hydrogen-bond donors (Lipinski definition) is 0. The Hall–Kier alpha value is -2.04. The highest BCUT2D eigenvalue weighted by molar-refractivity contribution is 5.96. The first-order chi connectivity index (χ1) is 12.2. The van der Waals surface area contributed by atoms with Gasteiger partial charge >= 0.3 is 6.09 Å². The molecule has 5 heteroatoms. The van der Waals surface area contributed by atoms with E-state index >= 15 is 0 Å². The van der Waals surface area contributed by atoms with Crippen molar-refractivity contribution in [3.8, 4) is 0 Å². The van der Waals surface area contributed by atoms with Gasteiger partial charge < -0.3 is 14.5 Å². The van der Waals surface area contributed by atoms with Crippen LogP contribution in [0.15, 0.2) is 18.2 Å².